The fourth-order valence-electron chi connectivity index (χ4n) is 3.35. The molecule has 116 valence electrons. The molecule has 2 fully saturated rings. The normalized spacial score (nSPS) is 26.4. The Labute approximate surface area is 122 Å². The smallest absolute Gasteiger partial charge is 0.239 e. The summed E-state index contributed by atoms with van der Waals surface area (Å²) >= 11 is 0. The van der Waals surface area contributed by atoms with Gasteiger partial charge in [0.25, 0.3) is 0 Å². The average molecular weight is 283 g/mol. The van der Waals surface area contributed by atoms with E-state index in [1.807, 2.05) is 0 Å². The van der Waals surface area contributed by atoms with Gasteiger partial charge in [0.2, 0.25) is 5.91 Å². The Balaban J connectivity index is 1.80. The molecular weight excluding hydrogens is 254 g/mol. The highest BCUT2D eigenvalue weighted by Crippen LogP contribution is 2.28. The minimum atomic E-state index is -0.182. The largest absolute Gasteiger partial charge is 0.378 e. The third-order valence-electron chi connectivity index (χ3n) is 4.58. The van der Waals surface area contributed by atoms with Crippen LogP contribution in [0.25, 0.3) is 0 Å². The molecule has 20 heavy (non-hydrogen) atoms. The molecule has 1 heterocycles. The molecule has 5 nitrogen and oxygen atoms in total. The number of ether oxygens (including phenoxy) is 1. The van der Waals surface area contributed by atoms with Crippen molar-refractivity contribution in [1.29, 1.82) is 0 Å². The number of amides is 1. The molecule has 0 radical (unpaired) electrons. The van der Waals surface area contributed by atoms with Crippen LogP contribution < -0.4 is 10.6 Å². The van der Waals surface area contributed by atoms with Crippen molar-refractivity contribution < 1.29 is 9.53 Å². The second-order valence-electron chi connectivity index (χ2n) is 6.26. The van der Waals surface area contributed by atoms with E-state index in [0.29, 0.717) is 19.3 Å². The van der Waals surface area contributed by atoms with Gasteiger partial charge in [-0.3, -0.25) is 4.79 Å². The molecule has 2 rings (SSSR count). The Bertz CT molecular complexity index is 297. The second-order valence-corrected chi connectivity index (χ2v) is 6.26. The Hall–Kier alpha value is -0.650. The van der Waals surface area contributed by atoms with Gasteiger partial charge in [-0.1, -0.05) is 19.3 Å². The lowest BCUT2D eigenvalue weighted by Crippen LogP contribution is -2.54. The third kappa shape index (κ3) is 4.43. The van der Waals surface area contributed by atoms with Gasteiger partial charge in [-0.2, -0.15) is 0 Å². The average Bonchev–Trinajstić information content (AvgIpc) is 2.49. The highest BCUT2D eigenvalue weighted by Gasteiger charge is 2.27. The standard InChI is InChI=1S/C15H29N3O2/c1-18(2)14(12-6-4-3-5-7-12)10-17-15(19)13-11-20-9-8-16-13/h12-14,16H,3-11H2,1-2H3,(H,17,19). The van der Waals surface area contributed by atoms with Crippen molar-refractivity contribution in [3.05, 3.63) is 0 Å². The number of nitrogens with zero attached hydrogens (tertiary/aromatic N) is 1. The molecule has 1 aliphatic heterocycles. The van der Waals surface area contributed by atoms with Gasteiger partial charge in [0.05, 0.1) is 13.2 Å². The highest BCUT2D eigenvalue weighted by molar-refractivity contribution is 5.82. The molecule has 0 aromatic carbocycles. The van der Waals surface area contributed by atoms with Gasteiger partial charge in [0.1, 0.15) is 6.04 Å². The summed E-state index contributed by atoms with van der Waals surface area (Å²) in [7, 11) is 4.24. The number of carbonyl (C=O) groups is 1. The molecule has 5 heteroatoms. The Morgan fingerprint density at radius 2 is 2.10 bits per heavy atom. The van der Waals surface area contributed by atoms with Gasteiger partial charge in [-0.05, 0) is 32.9 Å². The van der Waals surface area contributed by atoms with E-state index in [0.717, 1.165) is 19.0 Å². The summed E-state index contributed by atoms with van der Waals surface area (Å²) in [6.07, 6.45) is 6.63. The van der Waals surface area contributed by atoms with Crippen LogP contribution in [0.1, 0.15) is 32.1 Å². The van der Waals surface area contributed by atoms with Gasteiger partial charge in [0, 0.05) is 19.1 Å². The van der Waals surface area contributed by atoms with Crippen LogP contribution >= 0.6 is 0 Å². The second kappa shape index (κ2) is 7.96. The fraction of sp³-hybridized carbons (Fsp3) is 0.933. The summed E-state index contributed by atoms with van der Waals surface area (Å²) < 4.78 is 5.34. The van der Waals surface area contributed by atoms with Gasteiger partial charge >= 0.3 is 0 Å². The fourth-order valence-corrected chi connectivity index (χ4v) is 3.35. The molecule has 0 aromatic heterocycles. The number of hydrogen-bond acceptors (Lipinski definition) is 4. The number of likely N-dealkylation sites (N-methyl/N-ethyl adjacent to an activating group) is 1. The zero-order valence-corrected chi connectivity index (χ0v) is 12.9. The van der Waals surface area contributed by atoms with E-state index in [4.69, 9.17) is 4.74 Å². The maximum Gasteiger partial charge on any atom is 0.239 e. The van der Waals surface area contributed by atoms with Crippen LogP contribution in [0.2, 0.25) is 0 Å². The lowest BCUT2D eigenvalue weighted by Gasteiger charge is -2.35. The van der Waals surface area contributed by atoms with Crippen molar-refractivity contribution in [2.24, 2.45) is 5.92 Å². The summed E-state index contributed by atoms with van der Waals surface area (Å²) in [6, 6.07) is 0.265. The predicted octanol–water partition coefficient (Wildman–Crippen LogP) is 0.602. The van der Waals surface area contributed by atoms with E-state index in [-0.39, 0.29) is 11.9 Å². The van der Waals surface area contributed by atoms with E-state index < -0.39 is 0 Å². The van der Waals surface area contributed by atoms with E-state index in [1.54, 1.807) is 0 Å². The number of rotatable bonds is 5. The van der Waals surface area contributed by atoms with Crippen LogP contribution in [0, 0.1) is 5.92 Å². The molecule has 1 saturated heterocycles. The molecule has 1 amide bonds. The van der Waals surface area contributed by atoms with E-state index in [2.05, 4.69) is 29.6 Å². The minimum absolute atomic E-state index is 0.0763. The maximum absolute atomic E-state index is 12.1. The molecule has 2 atom stereocenters. The first kappa shape index (κ1) is 15.7. The molecule has 0 bridgehead atoms. The van der Waals surface area contributed by atoms with Crippen molar-refractivity contribution in [2.75, 3.05) is 40.4 Å². The summed E-state index contributed by atoms with van der Waals surface area (Å²) in [5, 5.41) is 6.31. The number of nitrogens with one attached hydrogen (secondary N) is 2. The molecule has 0 aromatic rings. The lowest BCUT2D eigenvalue weighted by molar-refractivity contribution is -0.126. The van der Waals surface area contributed by atoms with Crippen LogP contribution in [-0.4, -0.2) is 63.3 Å². The summed E-state index contributed by atoms with van der Waals surface area (Å²) in [5.41, 5.74) is 0. The Morgan fingerprint density at radius 3 is 2.70 bits per heavy atom. The molecule has 0 spiro atoms. The van der Waals surface area contributed by atoms with Crippen LogP contribution in [-0.2, 0) is 9.53 Å². The van der Waals surface area contributed by atoms with Gasteiger partial charge in [0.15, 0.2) is 0 Å². The molecule has 2 unspecified atom stereocenters. The number of hydrogen-bond donors (Lipinski definition) is 2. The van der Waals surface area contributed by atoms with E-state index in [9.17, 15) is 4.79 Å². The van der Waals surface area contributed by atoms with Crippen molar-refractivity contribution in [3.63, 3.8) is 0 Å². The zero-order valence-electron chi connectivity index (χ0n) is 12.9. The van der Waals surface area contributed by atoms with Gasteiger partial charge in [-0.25, -0.2) is 0 Å². The molecule has 2 N–H and O–H groups in total. The predicted molar refractivity (Wildman–Crippen MR) is 79.7 cm³/mol. The lowest BCUT2D eigenvalue weighted by atomic mass is 9.83. The number of carbonyl (C=O) groups excluding carboxylic acids is 1. The first-order valence-corrected chi connectivity index (χ1v) is 7.93. The van der Waals surface area contributed by atoms with Gasteiger partial charge in [-0.15, -0.1) is 0 Å². The summed E-state index contributed by atoms with van der Waals surface area (Å²) in [6.45, 7) is 2.70. The van der Waals surface area contributed by atoms with Crippen LogP contribution in [0.15, 0.2) is 0 Å². The quantitative estimate of drug-likeness (QED) is 0.776. The third-order valence-corrected chi connectivity index (χ3v) is 4.58. The minimum Gasteiger partial charge on any atom is -0.378 e. The van der Waals surface area contributed by atoms with E-state index >= 15 is 0 Å². The molecule has 2 aliphatic rings. The van der Waals surface area contributed by atoms with Crippen molar-refractivity contribution >= 4 is 5.91 Å². The maximum atomic E-state index is 12.1. The van der Waals surface area contributed by atoms with Crippen LogP contribution in [0.5, 0.6) is 0 Å². The first-order chi connectivity index (χ1) is 9.68. The van der Waals surface area contributed by atoms with Crippen molar-refractivity contribution in [1.82, 2.24) is 15.5 Å². The monoisotopic (exact) mass is 283 g/mol. The summed E-state index contributed by atoms with van der Waals surface area (Å²) in [4.78, 5) is 14.4. The molecule has 1 saturated carbocycles. The van der Waals surface area contributed by atoms with Gasteiger partial charge < -0.3 is 20.3 Å². The van der Waals surface area contributed by atoms with Crippen LogP contribution in [0.3, 0.4) is 0 Å². The summed E-state index contributed by atoms with van der Waals surface area (Å²) in [5.74, 6) is 0.793. The van der Waals surface area contributed by atoms with E-state index in [1.165, 1.54) is 32.1 Å². The Kier molecular flexibility index (Phi) is 6.26. The number of morpholine rings is 1. The topological polar surface area (TPSA) is 53.6 Å². The SMILES string of the molecule is CN(C)C(CNC(=O)C1COCCN1)C1CCCCC1. The molecular formula is C15H29N3O2. The first-order valence-electron chi connectivity index (χ1n) is 7.93. The Morgan fingerprint density at radius 1 is 1.35 bits per heavy atom. The zero-order chi connectivity index (χ0) is 14.4. The van der Waals surface area contributed by atoms with Crippen LogP contribution in [0.4, 0.5) is 0 Å². The molecule has 1 aliphatic carbocycles. The van der Waals surface area contributed by atoms with Crippen molar-refractivity contribution in [2.45, 2.75) is 44.2 Å². The highest BCUT2D eigenvalue weighted by atomic mass is 16.5. The van der Waals surface area contributed by atoms with Crippen molar-refractivity contribution in [3.8, 4) is 0 Å².